The fraction of sp³-hybridized carbons (Fsp3) is 0.382. The summed E-state index contributed by atoms with van der Waals surface area (Å²) in [4.78, 5) is 41.6. The number of amides is 2. The van der Waals surface area contributed by atoms with Crippen molar-refractivity contribution in [2.24, 2.45) is 0 Å². The highest BCUT2D eigenvalue weighted by Crippen LogP contribution is 2.58. The molecule has 2 aliphatic heterocycles. The molecule has 2 amide bonds. The van der Waals surface area contributed by atoms with Crippen molar-refractivity contribution in [3.63, 3.8) is 0 Å². The second-order valence-corrected chi connectivity index (χ2v) is 12.4. The van der Waals surface area contributed by atoms with Gasteiger partial charge in [0, 0.05) is 40.2 Å². The molecule has 2 aliphatic rings. The smallest absolute Gasteiger partial charge is 0.264 e. The highest BCUT2D eigenvalue weighted by atomic mass is 35.5. The van der Waals surface area contributed by atoms with Crippen LogP contribution in [0.15, 0.2) is 54.6 Å². The number of carbonyl (C=O) groups excluding carboxylic acids is 3. The van der Waals surface area contributed by atoms with Crippen LogP contribution in [-0.2, 0) is 19.8 Å². The lowest BCUT2D eigenvalue weighted by Gasteiger charge is -2.52. The van der Waals surface area contributed by atoms with Crippen molar-refractivity contribution in [1.29, 1.82) is 0 Å². The van der Waals surface area contributed by atoms with Crippen LogP contribution < -0.4 is 20.7 Å². The Morgan fingerprint density at radius 3 is 2.49 bits per heavy atom. The second kappa shape index (κ2) is 13.0. The summed E-state index contributed by atoms with van der Waals surface area (Å²) in [5.41, 5.74) is 0.0762. The van der Waals surface area contributed by atoms with Crippen LogP contribution in [0.3, 0.4) is 0 Å². The van der Waals surface area contributed by atoms with Gasteiger partial charge in [0.1, 0.15) is 11.6 Å². The van der Waals surface area contributed by atoms with Crippen LogP contribution in [0.25, 0.3) is 0 Å². The SMILES string of the molecule is CCC(CC)(Oc1ccc(Cl)cc1[C@H]1CC(=O)N[C@@H](c2cc(F)ccc2C)[C@]12C(=O)CNc1cc(Cl)ccc12)C(=O)NCCO. The van der Waals surface area contributed by atoms with Gasteiger partial charge in [-0.1, -0.05) is 49.2 Å². The zero-order valence-electron chi connectivity index (χ0n) is 25.3. The summed E-state index contributed by atoms with van der Waals surface area (Å²) in [5, 5.41) is 19.1. The van der Waals surface area contributed by atoms with Crippen LogP contribution in [0.2, 0.25) is 10.0 Å². The maximum Gasteiger partial charge on any atom is 0.264 e. The first-order valence-electron chi connectivity index (χ1n) is 15.0. The van der Waals surface area contributed by atoms with E-state index in [0.717, 1.165) is 0 Å². The number of hydrogen-bond donors (Lipinski definition) is 4. The van der Waals surface area contributed by atoms with Gasteiger partial charge in [-0.3, -0.25) is 14.4 Å². The molecule has 3 atom stereocenters. The molecule has 3 aromatic rings. The minimum absolute atomic E-state index is 0.0544. The third kappa shape index (κ3) is 5.77. The third-order valence-corrected chi connectivity index (χ3v) is 9.66. The maximum absolute atomic E-state index is 14.8. The highest BCUT2D eigenvalue weighted by molar-refractivity contribution is 6.31. The number of hydrogen-bond acceptors (Lipinski definition) is 6. The van der Waals surface area contributed by atoms with E-state index in [0.29, 0.717) is 50.8 Å². The largest absolute Gasteiger partial charge is 0.477 e. The molecule has 3 aromatic carbocycles. The number of aryl methyl sites for hydroxylation is 1. The lowest BCUT2D eigenvalue weighted by Crippen LogP contribution is -2.60. The summed E-state index contributed by atoms with van der Waals surface area (Å²) in [6.45, 7) is 5.21. The lowest BCUT2D eigenvalue weighted by molar-refractivity contribution is -0.138. The molecular formula is C34H36Cl2FN3O5. The van der Waals surface area contributed by atoms with E-state index in [1.54, 1.807) is 42.5 Å². The fourth-order valence-corrected chi connectivity index (χ4v) is 7.22. The van der Waals surface area contributed by atoms with Gasteiger partial charge in [0.25, 0.3) is 5.91 Å². The molecule has 0 bridgehead atoms. The summed E-state index contributed by atoms with van der Waals surface area (Å²) in [5.74, 6) is -2.02. The number of ketones is 1. The molecule has 0 saturated carbocycles. The van der Waals surface area contributed by atoms with Crippen molar-refractivity contribution < 1.29 is 28.6 Å². The Morgan fingerprint density at radius 2 is 1.78 bits per heavy atom. The average molecular weight is 657 g/mol. The molecule has 4 N–H and O–H groups in total. The van der Waals surface area contributed by atoms with Gasteiger partial charge in [0.2, 0.25) is 5.91 Å². The second-order valence-electron chi connectivity index (χ2n) is 11.6. The van der Waals surface area contributed by atoms with Crippen molar-refractivity contribution >= 4 is 46.5 Å². The van der Waals surface area contributed by atoms with E-state index >= 15 is 0 Å². The van der Waals surface area contributed by atoms with E-state index < -0.39 is 34.7 Å². The summed E-state index contributed by atoms with van der Waals surface area (Å²) in [6, 6.07) is 13.5. The first-order valence-corrected chi connectivity index (χ1v) is 15.8. The van der Waals surface area contributed by atoms with Crippen LogP contribution in [-0.4, -0.2) is 48.0 Å². The number of benzene rings is 3. The third-order valence-electron chi connectivity index (χ3n) is 9.19. The van der Waals surface area contributed by atoms with Crippen LogP contribution in [0.1, 0.15) is 67.3 Å². The number of aliphatic hydroxyl groups is 1. The number of fused-ring (bicyclic) bond motifs is 2. The summed E-state index contributed by atoms with van der Waals surface area (Å²) < 4.78 is 21.4. The minimum Gasteiger partial charge on any atom is -0.477 e. The highest BCUT2D eigenvalue weighted by Gasteiger charge is 2.60. The maximum atomic E-state index is 14.8. The Balaban J connectivity index is 1.79. The molecule has 8 nitrogen and oxygen atoms in total. The first-order chi connectivity index (χ1) is 21.5. The van der Waals surface area contributed by atoms with Gasteiger partial charge < -0.3 is 25.8 Å². The van der Waals surface area contributed by atoms with E-state index in [1.807, 2.05) is 20.8 Å². The number of carbonyl (C=O) groups is 3. The Labute approximate surface area is 271 Å². The van der Waals surface area contributed by atoms with Crippen molar-refractivity contribution in [1.82, 2.24) is 10.6 Å². The van der Waals surface area contributed by atoms with Crippen molar-refractivity contribution in [2.75, 3.05) is 25.0 Å². The Hall–Kier alpha value is -3.66. The summed E-state index contributed by atoms with van der Waals surface area (Å²) in [7, 11) is 0. The molecule has 0 unspecified atom stereocenters. The average Bonchev–Trinajstić information content (AvgIpc) is 3.02. The predicted molar refractivity (Wildman–Crippen MR) is 171 cm³/mol. The quantitative estimate of drug-likeness (QED) is 0.233. The van der Waals surface area contributed by atoms with E-state index in [9.17, 15) is 23.9 Å². The van der Waals surface area contributed by atoms with Gasteiger partial charge >= 0.3 is 0 Å². The predicted octanol–water partition coefficient (Wildman–Crippen LogP) is 5.76. The van der Waals surface area contributed by atoms with Gasteiger partial charge in [-0.15, -0.1) is 0 Å². The molecule has 2 heterocycles. The van der Waals surface area contributed by atoms with Gasteiger partial charge in [0.15, 0.2) is 11.4 Å². The molecule has 45 heavy (non-hydrogen) atoms. The molecule has 1 spiro atoms. The molecule has 1 fully saturated rings. The normalized spacial score (nSPS) is 21.1. The Morgan fingerprint density at radius 1 is 1.07 bits per heavy atom. The molecule has 0 aliphatic carbocycles. The molecular weight excluding hydrogens is 620 g/mol. The van der Waals surface area contributed by atoms with Gasteiger partial charge in [-0.25, -0.2) is 4.39 Å². The molecule has 238 valence electrons. The monoisotopic (exact) mass is 655 g/mol. The lowest BCUT2D eigenvalue weighted by atomic mass is 9.55. The number of nitrogens with one attached hydrogen (secondary N) is 3. The Kier molecular flexibility index (Phi) is 9.44. The molecule has 0 aromatic heterocycles. The minimum atomic E-state index is -1.44. The van der Waals surface area contributed by atoms with Crippen LogP contribution in [0, 0.1) is 12.7 Å². The first kappa shape index (κ1) is 32.7. The number of piperidine rings is 1. The van der Waals surface area contributed by atoms with Crippen LogP contribution in [0.5, 0.6) is 5.75 Å². The van der Waals surface area contributed by atoms with Crippen molar-refractivity contribution in [2.45, 2.75) is 63.0 Å². The van der Waals surface area contributed by atoms with E-state index in [-0.39, 0.29) is 43.6 Å². The number of halogens is 3. The number of ether oxygens (including phenoxy) is 1. The summed E-state index contributed by atoms with van der Waals surface area (Å²) in [6.07, 6.45) is 0.486. The fourth-order valence-electron chi connectivity index (χ4n) is 6.86. The van der Waals surface area contributed by atoms with Gasteiger partial charge in [0.05, 0.1) is 24.6 Å². The van der Waals surface area contributed by atoms with E-state index in [1.165, 1.54) is 12.1 Å². The molecule has 0 radical (unpaired) electrons. The summed E-state index contributed by atoms with van der Waals surface area (Å²) >= 11 is 13.0. The van der Waals surface area contributed by atoms with Crippen LogP contribution >= 0.6 is 23.2 Å². The van der Waals surface area contributed by atoms with Crippen molar-refractivity contribution in [3.8, 4) is 5.75 Å². The standard InChI is InChI=1S/C34H36Cl2FN3O5/c1-4-33(5-2,32(44)38-12-13-41)45-28-11-8-20(35)14-24(28)26-17-30(43)40-31(23-16-22(37)9-6-19(23)3)34(26)25-10-7-21(36)15-27(25)39-18-29(34)42/h6-11,14-16,26,31,39,41H,4-5,12-13,17-18H2,1-3H3,(H,38,44)(H,40,43)/t26-,31+,34+/m1/s1. The Bertz CT molecular complexity index is 1650. The zero-order chi connectivity index (χ0) is 32.5. The van der Waals surface area contributed by atoms with E-state index in [4.69, 9.17) is 27.9 Å². The topological polar surface area (TPSA) is 117 Å². The molecule has 5 rings (SSSR count). The molecule has 1 saturated heterocycles. The van der Waals surface area contributed by atoms with Gasteiger partial charge in [-0.2, -0.15) is 0 Å². The number of Topliss-reactive ketones (excluding diaryl/α,β-unsaturated/α-hetero) is 1. The number of anilines is 1. The van der Waals surface area contributed by atoms with E-state index in [2.05, 4.69) is 16.0 Å². The van der Waals surface area contributed by atoms with Gasteiger partial charge in [-0.05, 0) is 78.9 Å². The van der Waals surface area contributed by atoms with Crippen molar-refractivity contribution in [3.05, 3.63) is 92.7 Å². The molecule has 11 heteroatoms. The zero-order valence-corrected chi connectivity index (χ0v) is 26.8. The number of rotatable bonds is 9. The number of aliphatic hydroxyl groups excluding tert-OH is 1. The van der Waals surface area contributed by atoms with Crippen LogP contribution in [0.4, 0.5) is 10.1 Å².